The molecule has 0 bridgehead atoms. The highest BCUT2D eigenvalue weighted by Gasteiger charge is 2.40. The number of hydrogen-bond acceptors (Lipinski definition) is 2. The van der Waals surface area contributed by atoms with Crippen molar-refractivity contribution in [1.29, 1.82) is 0 Å². The lowest BCUT2D eigenvalue weighted by atomic mass is 10.0. The summed E-state index contributed by atoms with van der Waals surface area (Å²) >= 11 is 0. The van der Waals surface area contributed by atoms with Gasteiger partial charge < -0.3 is 14.0 Å². The maximum atomic E-state index is 15.4. The largest absolute Gasteiger partial charge is 0.311 e. The molecule has 1 aliphatic heterocycles. The van der Waals surface area contributed by atoms with E-state index in [0.29, 0.717) is 0 Å². The molecular formula is C54H37N2OP. The first kappa shape index (κ1) is 34.1. The van der Waals surface area contributed by atoms with Crippen molar-refractivity contribution in [1.82, 2.24) is 4.57 Å². The van der Waals surface area contributed by atoms with Crippen molar-refractivity contribution >= 4 is 61.9 Å². The minimum absolute atomic E-state index is 0.869. The van der Waals surface area contributed by atoms with Crippen LogP contribution in [0.1, 0.15) is 0 Å². The third kappa shape index (κ3) is 5.47. The number of nitrogens with zero attached hydrogens (tertiary/aromatic N) is 2. The number of anilines is 3. The lowest BCUT2D eigenvalue weighted by molar-refractivity contribution is 0.593. The molecule has 0 spiro atoms. The number of fused-ring (bicyclic) bond motifs is 6. The summed E-state index contributed by atoms with van der Waals surface area (Å²) in [6.45, 7) is 0. The molecule has 9 aromatic carbocycles. The standard InChI is InChI=1S/C54H37N2OP/c57-58(46-18-8-3-9-19-46)53-23-13-11-21-48(53)50-36-52-49(37-54(50)58)47-20-10-12-22-51(47)56(52)45-34-32-44(33-35-45)55(42-28-24-40(25-29-42)38-14-4-1-5-15-38)43-30-26-41(27-31-43)39-16-6-2-7-17-39/h1-37H. The van der Waals surface area contributed by atoms with E-state index in [0.717, 1.165) is 71.6 Å². The van der Waals surface area contributed by atoms with Crippen LogP contribution in [0, 0.1) is 0 Å². The Morgan fingerprint density at radius 2 is 0.845 bits per heavy atom. The van der Waals surface area contributed by atoms with Gasteiger partial charge in [0.25, 0.3) is 0 Å². The molecule has 1 unspecified atom stereocenters. The van der Waals surface area contributed by atoms with Crippen LogP contribution >= 0.6 is 7.14 Å². The molecule has 1 aliphatic rings. The maximum absolute atomic E-state index is 15.4. The van der Waals surface area contributed by atoms with E-state index >= 15 is 4.57 Å². The average Bonchev–Trinajstić information content (AvgIpc) is 3.76. The summed E-state index contributed by atoms with van der Waals surface area (Å²) < 4.78 is 17.8. The zero-order valence-electron chi connectivity index (χ0n) is 31.6. The summed E-state index contributed by atoms with van der Waals surface area (Å²) in [4.78, 5) is 2.32. The molecule has 0 aliphatic carbocycles. The highest BCUT2D eigenvalue weighted by molar-refractivity contribution is 7.86. The van der Waals surface area contributed by atoms with Crippen molar-refractivity contribution in [3.05, 3.63) is 224 Å². The predicted octanol–water partition coefficient (Wildman–Crippen LogP) is 13.2. The van der Waals surface area contributed by atoms with Crippen LogP contribution in [0.3, 0.4) is 0 Å². The third-order valence-corrected chi connectivity index (χ3v) is 14.8. The Morgan fingerprint density at radius 3 is 1.45 bits per heavy atom. The fraction of sp³-hybridized carbons (Fsp3) is 0. The molecule has 11 rings (SSSR count). The van der Waals surface area contributed by atoms with Crippen LogP contribution < -0.4 is 20.8 Å². The van der Waals surface area contributed by atoms with Crippen molar-refractivity contribution in [2.45, 2.75) is 0 Å². The first-order chi connectivity index (χ1) is 28.6. The van der Waals surface area contributed by atoms with Crippen LogP contribution in [0.15, 0.2) is 224 Å². The Kier molecular flexibility index (Phi) is 8.10. The normalized spacial score (nSPS) is 14.3. The van der Waals surface area contributed by atoms with Gasteiger partial charge in [0, 0.05) is 49.4 Å². The zero-order valence-corrected chi connectivity index (χ0v) is 32.5. The van der Waals surface area contributed by atoms with Gasteiger partial charge in [-0.3, -0.25) is 0 Å². The summed E-state index contributed by atoms with van der Waals surface area (Å²) in [6, 6.07) is 78.9. The van der Waals surface area contributed by atoms with Crippen LogP contribution in [-0.2, 0) is 4.57 Å². The topological polar surface area (TPSA) is 25.2 Å². The van der Waals surface area contributed by atoms with Crippen molar-refractivity contribution in [3.8, 4) is 39.1 Å². The number of hydrogen-bond donors (Lipinski definition) is 0. The molecule has 1 aromatic heterocycles. The van der Waals surface area contributed by atoms with Crippen LogP contribution in [0.4, 0.5) is 17.1 Å². The molecule has 0 fully saturated rings. The molecule has 0 N–H and O–H groups in total. The minimum Gasteiger partial charge on any atom is -0.311 e. The number of para-hydroxylation sites is 1. The van der Waals surface area contributed by atoms with Crippen LogP contribution in [0.5, 0.6) is 0 Å². The first-order valence-corrected chi connectivity index (χ1v) is 21.4. The Bertz CT molecular complexity index is 3070. The van der Waals surface area contributed by atoms with Crippen LogP contribution in [0.2, 0.25) is 0 Å². The molecule has 274 valence electrons. The predicted molar refractivity (Wildman–Crippen MR) is 245 cm³/mol. The fourth-order valence-electron chi connectivity index (χ4n) is 8.85. The second-order valence-corrected chi connectivity index (χ2v) is 17.6. The minimum atomic E-state index is -3.08. The highest BCUT2D eigenvalue weighted by Crippen LogP contribution is 2.53. The summed E-state index contributed by atoms with van der Waals surface area (Å²) in [5.74, 6) is 0. The van der Waals surface area contributed by atoms with Gasteiger partial charge in [-0.1, -0.05) is 158 Å². The summed E-state index contributed by atoms with van der Waals surface area (Å²) in [5.41, 5.74) is 13.3. The summed E-state index contributed by atoms with van der Waals surface area (Å²) in [5, 5.41) is 4.93. The monoisotopic (exact) mass is 760 g/mol. The summed E-state index contributed by atoms with van der Waals surface area (Å²) in [6.07, 6.45) is 0. The molecule has 3 nitrogen and oxygen atoms in total. The maximum Gasteiger partial charge on any atom is 0.172 e. The Morgan fingerprint density at radius 1 is 0.362 bits per heavy atom. The second-order valence-electron chi connectivity index (χ2n) is 14.9. The van der Waals surface area contributed by atoms with E-state index in [9.17, 15) is 0 Å². The van der Waals surface area contributed by atoms with E-state index in [1.807, 2.05) is 36.4 Å². The summed E-state index contributed by atoms with van der Waals surface area (Å²) in [7, 11) is -3.08. The average molecular weight is 761 g/mol. The molecule has 2 heterocycles. The molecule has 0 radical (unpaired) electrons. The number of aromatic nitrogens is 1. The molecule has 4 heteroatoms. The SMILES string of the molecule is O=P1(c2ccccc2)c2ccccc2-c2cc3c(cc21)c1ccccc1n3-c1ccc(N(c2ccc(-c3ccccc3)cc2)c2ccc(-c3ccccc3)cc2)cc1. The van der Waals surface area contributed by atoms with Crippen molar-refractivity contribution in [3.63, 3.8) is 0 Å². The van der Waals surface area contributed by atoms with E-state index in [1.165, 1.54) is 22.3 Å². The quantitative estimate of drug-likeness (QED) is 0.151. The van der Waals surface area contributed by atoms with Crippen molar-refractivity contribution < 1.29 is 4.57 Å². The second kappa shape index (κ2) is 13.8. The smallest absolute Gasteiger partial charge is 0.172 e. The molecular weight excluding hydrogens is 724 g/mol. The number of rotatable bonds is 7. The Balaban J connectivity index is 1.05. The number of benzene rings is 9. The van der Waals surface area contributed by atoms with Crippen molar-refractivity contribution in [2.24, 2.45) is 0 Å². The zero-order chi connectivity index (χ0) is 38.6. The van der Waals surface area contributed by atoms with Gasteiger partial charge in [-0.15, -0.1) is 0 Å². The van der Waals surface area contributed by atoms with E-state index in [-0.39, 0.29) is 0 Å². The van der Waals surface area contributed by atoms with Gasteiger partial charge in [0.05, 0.1) is 11.0 Å². The molecule has 1 atom stereocenters. The molecule has 58 heavy (non-hydrogen) atoms. The van der Waals surface area contributed by atoms with Gasteiger partial charge in [0.1, 0.15) is 0 Å². The molecule has 0 saturated heterocycles. The van der Waals surface area contributed by atoms with Crippen LogP contribution in [-0.4, -0.2) is 4.57 Å². The van der Waals surface area contributed by atoms with Gasteiger partial charge in [0.2, 0.25) is 0 Å². The van der Waals surface area contributed by atoms with Gasteiger partial charge in [-0.25, -0.2) is 0 Å². The lowest BCUT2D eigenvalue weighted by Crippen LogP contribution is -2.20. The van der Waals surface area contributed by atoms with Gasteiger partial charge in [0.15, 0.2) is 7.14 Å². The lowest BCUT2D eigenvalue weighted by Gasteiger charge is -2.26. The van der Waals surface area contributed by atoms with E-state index < -0.39 is 7.14 Å². The van der Waals surface area contributed by atoms with E-state index in [4.69, 9.17) is 0 Å². The fourth-order valence-corrected chi connectivity index (χ4v) is 11.9. The first-order valence-electron chi connectivity index (χ1n) is 19.7. The molecule has 0 amide bonds. The van der Waals surface area contributed by atoms with E-state index in [1.54, 1.807) is 0 Å². The van der Waals surface area contributed by atoms with Gasteiger partial charge in [-0.05, 0) is 100 Å². The van der Waals surface area contributed by atoms with E-state index in [2.05, 4.69) is 198 Å². The highest BCUT2D eigenvalue weighted by atomic mass is 31.2. The van der Waals surface area contributed by atoms with Gasteiger partial charge >= 0.3 is 0 Å². The Hall–Kier alpha value is -7.19. The Labute approximate surface area is 338 Å². The van der Waals surface area contributed by atoms with Crippen LogP contribution in [0.25, 0.3) is 60.9 Å². The molecule has 10 aromatic rings. The van der Waals surface area contributed by atoms with Gasteiger partial charge in [-0.2, -0.15) is 0 Å². The third-order valence-electron chi connectivity index (χ3n) is 11.6. The molecule has 0 saturated carbocycles. The van der Waals surface area contributed by atoms with Crippen molar-refractivity contribution in [2.75, 3.05) is 4.90 Å².